The van der Waals surface area contributed by atoms with Gasteiger partial charge in [-0.1, -0.05) is 17.5 Å². The second-order valence-electron chi connectivity index (χ2n) is 4.77. The first-order chi connectivity index (χ1) is 11.6. The second kappa shape index (κ2) is 6.64. The van der Waals surface area contributed by atoms with Gasteiger partial charge in [0.15, 0.2) is 5.82 Å². The van der Waals surface area contributed by atoms with Crippen LogP contribution in [0.2, 0.25) is 5.02 Å². The monoisotopic (exact) mass is 376 g/mol. The van der Waals surface area contributed by atoms with Gasteiger partial charge < -0.3 is 4.74 Å². The van der Waals surface area contributed by atoms with Crippen molar-refractivity contribution in [2.45, 2.75) is 6.18 Å². The third-order valence-corrected chi connectivity index (χ3v) is 3.36. The summed E-state index contributed by atoms with van der Waals surface area (Å²) in [5, 5.41) is -0.120. The zero-order chi connectivity index (χ0) is 18.9. The lowest BCUT2D eigenvalue weighted by molar-refractivity contribution is -0.144. The fourth-order valence-electron chi connectivity index (χ4n) is 2.09. The molecule has 2 rings (SSSR count). The van der Waals surface area contributed by atoms with Crippen LogP contribution in [0, 0.1) is 18.2 Å². The van der Waals surface area contributed by atoms with Crippen molar-refractivity contribution in [2.24, 2.45) is 7.05 Å². The Kier molecular flexibility index (Phi) is 4.94. The zero-order valence-corrected chi connectivity index (χ0v) is 13.3. The Labute approximate surface area is 143 Å². The molecule has 0 unspecified atom stereocenters. The van der Waals surface area contributed by atoms with Crippen LogP contribution in [-0.2, 0) is 13.2 Å². The molecule has 132 valence electrons. The van der Waals surface area contributed by atoms with Crippen molar-refractivity contribution >= 4 is 11.6 Å². The van der Waals surface area contributed by atoms with Gasteiger partial charge in [0, 0.05) is 24.2 Å². The highest BCUT2D eigenvalue weighted by molar-refractivity contribution is 6.30. The summed E-state index contributed by atoms with van der Waals surface area (Å²) in [6.45, 7) is -0.345. The topological polar surface area (TPSA) is 53.2 Å². The fourth-order valence-corrected chi connectivity index (χ4v) is 2.29. The van der Waals surface area contributed by atoms with Crippen LogP contribution in [0.5, 0.6) is 5.75 Å². The maximum Gasteiger partial charge on any atom is 0.431 e. The summed E-state index contributed by atoms with van der Waals surface area (Å²) in [7, 11) is 0.802. The molecule has 0 aliphatic rings. The summed E-state index contributed by atoms with van der Waals surface area (Å²) in [5.74, 6) is 0.597. The third-order valence-electron chi connectivity index (χ3n) is 3.14. The molecule has 2 aromatic rings. The number of terminal acetylenes is 1. The van der Waals surface area contributed by atoms with E-state index >= 15 is 0 Å². The van der Waals surface area contributed by atoms with Crippen molar-refractivity contribution in [3.8, 4) is 23.8 Å². The number of aromatic nitrogens is 2. The van der Waals surface area contributed by atoms with Gasteiger partial charge in [0.25, 0.3) is 5.56 Å². The van der Waals surface area contributed by atoms with Crippen LogP contribution in [0.4, 0.5) is 17.6 Å². The minimum Gasteiger partial charge on any atom is -0.479 e. The molecule has 1 heterocycles. The van der Waals surface area contributed by atoms with Crippen LogP contribution in [0.1, 0.15) is 5.69 Å². The summed E-state index contributed by atoms with van der Waals surface area (Å²) in [6.07, 6.45) is 0.0947. The summed E-state index contributed by atoms with van der Waals surface area (Å²) in [4.78, 5) is 24.3. The van der Waals surface area contributed by atoms with Gasteiger partial charge in [-0.05, 0) is 6.07 Å². The van der Waals surface area contributed by atoms with Gasteiger partial charge in [0.1, 0.15) is 23.7 Å². The Hall–Kier alpha value is -2.73. The van der Waals surface area contributed by atoms with Crippen molar-refractivity contribution < 1.29 is 22.3 Å². The van der Waals surface area contributed by atoms with Gasteiger partial charge >= 0.3 is 11.9 Å². The molecule has 0 spiro atoms. The normalized spacial score (nSPS) is 11.2. The van der Waals surface area contributed by atoms with Gasteiger partial charge in [-0.25, -0.2) is 13.8 Å². The van der Waals surface area contributed by atoms with E-state index in [0.29, 0.717) is 0 Å². The lowest BCUT2D eigenvalue weighted by Crippen LogP contribution is -2.41. The third kappa shape index (κ3) is 3.53. The Morgan fingerprint density at radius 1 is 1.28 bits per heavy atom. The minimum atomic E-state index is -4.94. The number of hydrogen-bond acceptors (Lipinski definition) is 3. The van der Waals surface area contributed by atoms with E-state index in [1.54, 1.807) is 0 Å². The molecule has 0 saturated carbocycles. The molecule has 0 aliphatic carbocycles. The van der Waals surface area contributed by atoms with E-state index in [4.69, 9.17) is 22.8 Å². The van der Waals surface area contributed by atoms with Crippen molar-refractivity contribution in [1.82, 2.24) is 9.13 Å². The number of alkyl halides is 3. The Balaban J connectivity index is 2.85. The number of nitrogens with zero attached hydrogens (tertiary/aromatic N) is 2. The highest BCUT2D eigenvalue weighted by atomic mass is 35.5. The average molecular weight is 377 g/mol. The number of hydrogen-bond donors (Lipinski definition) is 0. The van der Waals surface area contributed by atoms with E-state index in [9.17, 15) is 27.2 Å². The fraction of sp³-hybridized carbons (Fsp3) is 0.200. The maximum absolute atomic E-state index is 14.3. The molecule has 1 aromatic heterocycles. The first-order valence-corrected chi connectivity index (χ1v) is 6.91. The van der Waals surface area contributed by atoms with Crippen LogP contribution in [-0.4, -0.2) is 15.7 Å². The van der Waals surface area contributed by atoms with E-state index in [-0.39, 0.29) is 32.6 Å². The minimum absolute atomic E-state index is 0.120. The van der Waals surface area contributed by atoms with Crippen LogP contribution in [0.25, 0.3) is 5.69 Å². The van der Waals surface area contributed by atoms with Gasteiger partial charge in [-0.3, -0.25) is 9.36 Å². The lowest BCUT2D eigenvalue weighted by atomic mass is 10.2. The SMILES string of the molecule is C#CCOc1cc(Cl)cc(F)c1-n1c(=O)cc(C(F)(F)F)n(C)c1=O. The van der Waals surface area contributed by atoms with Gasteiger partial charge in [0.05, 0.1) is 0 Å². The molecule has 0 amide bonds. The molecule has 25 heavy (non-hydrogen) atoms. The molecule has 0 radical (unpaired) electrons. The van der Waals surface area contributed by atoms with Crippen molar-refractivity contribution in [3.63, 3.8) is 0 Å². The van der Waals surface area contributed by atoms with Crippen molar-refractivity contribution in [3.05, 3.63) is 55.6 Å². The molecule has 5 nitrogen and oxygen atoms in total. The molecule has 0 atom stereocenters. The molecular formula is C15H9ClF4N2O3. The first kappa shape index (κ1) is 18.6. The van der Waals surface area contributed by atoms with Crippen LogP contribution >= 0.6 is 11.6 Å². The molecule has 10 heteroatoms. The number of ether oxygens (including phenoxy) is 1. The van der Waals surface area contributed by atoms with Gasteiger partial charge in [0.2, 0.25) is 0 Å². The molecular weight excluding hydrogens is 368 g/mol. The standard InChI is InChI=1S/C15H9ClF4N2O3/c1-3-4-25-10-6-8(16)5-9(17)13(10)22-12(23)7-11(15(18,19)20)21(2)14(22)24/h1,5-7H,4H2,2H3. The van der Waals surface area contributed by atoms with Crippen LogP contribution in [0.15, 0.2) is 27.8 Å². The summed E-state index contributed by atoms with van der Waals surface area (Å²) >= 11 is 5.69. The summed E-state index contributed by atoms with van der Waals surface area (Å²) in [6, 6.07) is 2.05. The molecule has 1 aromatic carbocycles. The number of benzene rings is 1. The van der Waals surface area contributed by atoms with Gasteiger partial charge in [-0.15, -0.1) is 6.42 Å². The van der Waals surface area contributed by atoms with E-state index in [2.05, 4.69) is 5.92 Å². The second-order valence-corrected chi connectivity index (χ2v) is 5.21. The van der Waals surface area contributed by atoms with Crippen molar-refractivity contribution in [1.29, 1.82) is 0 Å². The molecule has 0 saturated heterocycles. The zero-order valence-electron chi connectivity index (χ0n) is 12.5. The predicted octanol–water partition coefficient (Wildman–Crippen LogP) is 2.36. The molecule has 0 aliphatic heterocycles. The Bertz CT molecular complexity index is 986. The molecule has 0 bridgehead atoms. The average Bonchev–Trinajstić information content (AvgIpc) is 2.49. The number of rotatable bonds is 3. The first-order valence-electron chi connectivity index (χ1n) is 6.54. The van der Waals surface area contributed by atoms with Crippen molar-refractivity contribution in [2.75, 3.05) is 6.61 Å². The van der Waals surface area contributed by atoms with Crippen LogP contribution in [0.3, 0.4) is 0 Å². The van der Waals surface area contributed by atoms with E-state index in [1.807, 2.05) is 0 Å². The smallest absolute Gasteiger partial charge is 0.431 e. The molecule has 0 N–H and O–H groups in total. The number of halogens is 5. The Morgan fingerprint density at radius 3 is 2.48 bits per heavy atom. The van der Waals surface area contributed by atoms with E-state index in [0.717, 1.165) is 19.2 Å². The largest absolute Gasteiger partial charge is 0.479 e. The summed E-state index contributed by atoms with van der Waals surface area (Å²) < 4.78 is 58.4. The lowest BCUT2D eigenvalue weighted by Gasteiger charge is -2.16. The Morgan fingerprint density at radius 2 is 1.92 bits per heavy atom. The molecule has 0 fully saturated rings. The van der Waals surface area contributed by atoms with Crippen LogP contribution < -0.4 is 16.0 Å². The quantitative estimate of drug-likeness (QED) is 0.610. The van der Waals surface area contributed by atoms with E-state index in [1.165, 1.54) is 0 Å². The van der Waals surface area contributed by atoms with Gasteiger partial charge in [-0.2, -0.15) is 13.2 Å². The van der Waals surface area contributed by atoms with E-state index < -0.39 is 34.6 Å². The predicted molar refractivity (Wildman–Crippen MR) is 81.6 cm³/mol. The highest BCUT2D eigenvalue weighted by Crippen LogP contribution is 2.30. The summed E-state index contributed by atoms with van der Waals surface area (Å²) in [5.41, 5.74) is -4.95. The highest BCUT2D eigenvalue weighted by Gasteiger charge is 2.35. The maximum atomic E-state index is 14.3.